The lowest BCUT2D eigenvalue weighted by molar-refractivity contribution is -0.255. The number of benzene rings is 3. The minimum absolute atomic E-state index is 0.112. The first-order valence-electron chi connectivity index (χ1n) is 7.28. The Bertz CT molecular complexity index is 1140. The van der Waals surface area contributed by atoms with Gasteiger partial charge in [-0.25, -0.2) is 9.97 Å². The summed E-state index contributed by atoms with van der Waals surface area (Å²) in [7, 11) is 0. The second kappa shape index (κ2) is 4.14. The zero-order chi connectivity index (χ0) is 15.6. The number of aromatic nitrogens is 2. The lowest BCUT2D eigenvalue weighted by Gasteiger charge is -2.06. The molecule has 4 nitrogen and oxygen atoms in total. The van der Waals surface area contributed by atoms with E-state index in [-0.39, 0.29) is 5.56 Å². The average Bonchev–Trinajstić information content (AvgIpc) is 2.88. The van der Waals surface area contributed by atoms with Crippen LogP contribution in [0.1, 0.15) is 10.4 Å². The molecule has 108 valence electrons. The lowest BCUT2D eigenvalue weighted by atomic mass is 10.0. The summed E-state index contributed by atoms with van der Waals surface area (Å²) in [4.78, 5) is 20.5. The van der Waals surface area contributed by atoms with E-state index in [1.165, 1.54) is 12.1 Å². The molecule has 0 bridgehead atoms. The van der Waals surface area contributed by atoms with E-state index in [2.05, 4.69) is 17.1 Å². The van der Waals surface area contributed by atoms with Gasteiger partial charge in [0.1, 0.15) is 0 Å². The number of carbonyl (C=O) groups excluding carboxylic acids is 1. The molecule has 0 saturated carbocycles. The summed E-state index contributed by atoms with van der Waals surface area (Å²) in [5.74, 6) is -1.21. The summed E-state index contributed by atoms with van der Waals surface area (Å²) in [6, 6.07) is 16.9. The lowest BCUT2D eigenvalue weighted by Crippen LogP contribution is -2.22. The maximum absolute atomic E-state index is 11.1. The van der Waals surface area contributed by atoms with Crippen molar-refractivity contribution >= 4 is 27.8 Å². The molecule has 1 heterocycles. The highest BCUT2D eigenvalue weighted by Gasteiger charge is 2.24. The zero-order valence-corrected chi connectivity index (χ0v) is 11.9. The van der Waals surface area contributed by atoms with Crippen molar-refractivity contribution < 1.29 is 9.90 Å². The Morgan fingerprint density at radius 1 is 0.826 bits per heavy atom. The number of carbonyl (C=O) groups is 1. The van der Waals surface area contributed by atoms with Gasteiger partial charge in [-0.15, -0.1) is 0 Å². The molecule has 5 rings (SSSR count). The van der Waals surface area contributed by atoms with Gasteiger partial charge in [0.2, 0.25) is 0 Å². The molecule has 0 atom stereocenters. The van der Waals surface area contributed by atoms with E-state index in [9.17, 15) is 9.90 Å². The van der Waals surface area contributed by atoms with E-state index in [1.54, 1.807) is 6.07 Å². The van der Waals surface area contributed by atoms with Gasteiger partial charge < -0.3 is 9.90 Å². The molecule has 0 unspecified atom stereocenters. The minimum Gasteiger partial charge on any atom is -0.545 e. The van der Waals surface area contributed by atoms with Gasteiger partial charge in [-0.2, -0.15) is 0 Å². The van der Waals surface area contributed by atoms with Gasteiger partial charge in [0, 0.05) is 16.5 Å². The van der Waals surface area contributed by atoms with Crippen LogP contribution >= 0.6 is 0 Å². The van der Waals surface area contributed by atoms with Crippen LogP contribution in [-0.4, -0.2) is 15.9 Å². The second-order valence-electron chi connectivity index (χ2n) is 5.62. The summed E-state index contributed by atoms with van der Waals surface area (Å²) < 4.78 is 0. The molecular formula is C19H9N2O2-. The maximum atomic E-state index is 11.1. The van der Waals surface area contributed by atoms with Gasteiger partial charge in [-0.3, -0.25) is 0 Å². The predicted molar refractivity (Wildman–Crippen MR) is 85.8 cm³/mol. The van der Waals surface area contributed by atoms with Crippen LogP contribution in [0, 0.1) is 0 Å². The van der Waals surface area contributed by atoms with Crippen molar-refractivity contribution in [3.05, 3.63) is 60.2 Å². The van der Waals surface area contributed by atoms with Crippen LogP contribution in [0.15, 0.2) is 54.6 Å². The first kappa shape index (κ1) is 12.3. The molecule has 23 heavy (non-hydrogen) atoms. The maximum Gasteiger partial charge on any atom is 0.0979 e. The van der Waals surface area contributed by atoms with E-state index in [0.717, 1.165) is 33.3 Å². The Hall–Kier alpha value is -3.27. The summed E-state index contributed by atoms with van der Waals surface area (Å²) in [6.07, 6.45) is 0. The molecule has 0 aliphatic heterocycles. The molecule has 0 saturated heterocycles. The normalized spacial score (nSPS) is 11.8. The monoisotopic (exact) mass is 297 g/mol. The largest absolute Gasteiger partial charge is 0.545 e. The third-order valence-electron chi connectivity index (χ3n) is 4.31. The zero-order valence-electron chi connectivity index (χ0n) is 11.9. The summed E-state index contributed by atoms with van der Waals surface area (Å²) in [5.41, 5.74) is 5.13. The van der Waals surface area contributed by atoms with E-state index in [1.807, 2.05) is 24.3 Å². The number of rotatable bonds is 1. The smallest absolute Gasteiger partial charge is 0.0979 e. The number of hydrogen-bond donors (Lipinski definition) is 0. The van der Waals surface area contributed by atoms with Crippen LogP contribution in [0.4, 0.5) is 0 Å². The fourth-order valence-electron chi connectivity index (χ4n) is 3.29. The van der Waals surface area contributed by atoms with Crippen LogP contribution in [0.25, 0.3) is 44.3 Å². The summed E-state index contributed by atoms with van der Waals surface area (Å²) >= 11 is 0. The third-order valence-corrected chi connectivity index (χ3v) is 4.31. The number of carboxylic acids is 1. The van der Waals surface area contributed by atoms with E-state index in [0.29, 0.717) is 11.0 Å². The number of nitrogens with zero attached hydrogens (tertiary/aromatic N) is 2. The van der Waals surface area contributed by atoms with Crippen LogP contribution < -0.4 is 5.11 Å². The van der Waals surface area contributed by atoms with Crippen molar-refractivity contribution in [2.45, 2.75) is 0 Å². The highest BCUT2D eigenvalue weighted by atomic mass is 16.4. The van der Waals surface area contributed by atoms with Crippen LogP contribution in [-0.2, 0) is 0 Å². The number of hydrogen-bond acceptors (Lipinski definition) is 4. The Morgan fingerprint density at radius 2 is 1.48 bits per heavy atom. The molecular weight excluding hydrogens is 288 g/mol. The van der Waals surface area contributed by atoms with Gasteiger partial charge in [-0.1, -0.05) is 42.5 Å². The summed E-state index contributed by atoms with van der Waals surface area (Å²) in [5, 5.41) is 13.4. The molecule has 1 aromatic heterocycles. The first-order chi connectivity index (χ1) is 11.2. The Labute approximate surface area is 131 Å². The third kappa shape index (κ3) is 1.57. The highest BCUT2D eigenvalue weighted by molar-refractivity contribution is 6.14. The van der Waals surface area contributed by atoms with Crippen molar-refractivity contribution in [1.82, 2.24) is 9.97 Å². The molecule has 0 N–H and O–H groups in total. The van der Waals surface area contributed by atoms with Gasteiger partial charge in [0.25, 0.3) is 0 Å². The Morgan fingerprint density at radius 3 is 2.13 bits per heavy atom. The van der Waals surface area contributed by atoms with Gasteiger partial charge in [0.05, 0.1) is 28.4 Å². The molecule has 0 radical (unpaired) electrons. The molecule has 0 spiro atoms. The highest BCUT2D eigenvalue weighted by Crippen LogP contribution is 2.45. The molecule has 4 aromatic rings. The van der Waals surface area contributed by atoms with Crippen LogP contribution in [0.3, 0.4) is 0 Å². The van der Waals surface area contributed by atoms with Crippen molar-refractivity contribution in [3.8, 4) is 22.5 Å². The van der Waals surface area contributed by atoms with E-state index < -0.39 is 5.97 Å². The quantitative estimate of drug-likeness (QED) is 0.477. The standard InChI is InChI=1S/C19H10N2O2/c22-19(23)11-7-8-14-15(9-11)21-18-13-6-2-4-10-3-1-5-12(16(10)13)17(18)20-14/h1-9H,(H,22,23)/p-1. The van der Waals surface area contributed by atoms with Crippen molar-refractivity contribution in [1.29, 1.82) is 0 Å². The second-order valence-corrected chi connectivity index (χ2v) is 5.62. The molecule has 3 aromatic carbocycles. The van der Waals surface area contributed by atoms with E-state index in [4.69, 9.17) is 4.98 Å². The van der Waals surface area contributed by atoms with Crippen molar-refractivity contribution in [2.75, 3.05) is 0 Å². The first-order valence-corrected chi connectivity index (χ1v) is 7.28. The average molecular weight is 297 g/mol. The molecule has 0 fully saturated rings. The molecule has 1 aliphatic carbocycles. The number of carboxylic acid groups (broad SMARTS) is 1. The van der Waals surface area contributed by atoms with Crippen LogP contribution in [0.5, 0.6) is 0 Å². The Balaban J connectivity index is 1.90. The molecule has 0 amide bonds. The van der Waals surface area contributed by atoms with Gasteiger partial charge >= 0.3 is 0 Å². The molecule has 4 heteroatoms. The van der Waals surface area contributed by atoms with Crippen molar-refractivity contribution in [2.24, 2.45) is 0 Å². The predicted octanol–water partition coefficient (Wildman–Crippen LogP) is 2.79. The fourth-order valence-corrected chi connectivity index (χ4v) is 3.29. The van der Waals surface area contributed by atoms with E-state index >= 15 is 0 Å². The fraction of sp³-hybridized carbons (Fsp3) is 0. The SMILES string of the molecule is O=C([O-])c1ccc2nc3c(nc2c1)-c1cccc2cccc-3c12. The Kier molecular flexibility index (Phi) is 2.21. The van der Waals surface area contributed by atoms with Gasteiger partial charge in [0.15, 0.2) is 0 Å². The number of fused-ring (bicyclic) bond motifs is 4. The minimum atomic E-state index is -1.21. The molecule has 1 aliphatic rings. The topological polar surface area (TPSA) is 65.9 Å². The summed E-state index contributed by atoms with van der Waals surface area (Å²) in [6.45, 7) is 0. The van der Waals surface area contributed by atoms with Crippen LogP contribution in [0.2, 0.25) is 0 Å². The van der Waals surface area contributed by atoms with Gasteiger partial charge in [-0.05, 0) is 23.1 Å². The number of aromatic carboxylic acids is 1. The van der Waals surface area contributed by atoms with Crippen molar-refractivity contribution in [3.63, 3.8) is 0 Å².